The van der Waals surface area contributed by atoms with Crippen LogP contribution in [-0.4, -0.2) is 48.5 Å². The second-order valence-electron chi connectivity index (χ2n) is 7.61. The minimum atomic E-state index is 0.514. The summed E-state index contributed by atoms with van der Waals surface area (Å²) < 4.78 is 11.0. The highest BCUT2D eigenvalue weighted by molar-refractivity contribution is 5.53. The number of nitrogens with one attached hydrogen (secondary N) is 2. The van der Waals surface area contributed by atoms with E-state index in [0.717, 1.165) is 50.5 Å². The smallest absolute Gasteiger partial charge is 0.257 e. The molecule has 2 aliphatic rings. The van der Waals surface area contributed by atoms with Crippen molar-refractivity contribution in [3.8, 4) is 11.5 Å². The molecule has 1 aromatic heterocycles. The van der Waals surface area contributed by atoms with Gasteiger partial charge in [0.1, 0.15) is 0 Å². The lowest BCUT2D eigenvalue weighted by Crippen LogP contribution is -2.51. The van der Waals surface area contributed by atoms with Crippen molar-refractivity contribution in [1.82, 2.24) is 20.8 Å². The summed E-state index contributed by atoms with van der Waals surface area (Å²) in [6.45, 7) is 5.73. The molecule has 1 saturated heterocycles. The fourth-order valence-corrected chi connectivity index (χ4v) is 4.32. The van der Waals surface area contributed by atoms with Crippen LogP contribution in [0.4, 0.5) is 0 Å². The van der Waals surface area contributed by atoms with E-state index < -0.39 is 0 Å². The van der Waals surface area contributed by atoms with Crippen molar-refractivity contribution in [2.24, 2.45) is 5.92 Å². The summed E-state index contributed by atoms with van der Waals surface area (Å²) in [6, 6.07) is 9.59. The van der Waals surface area contributed by atoms with Crippen LogP contribution in [0.2, 0.25) is 0 Å². The van der Waals surface area contributed by atoms with Crippen molar-refractivity contribution < 1.29 is 9.26 Å². The molecule has 0 spiro atoms. The number of rotatable bonds is 7. The Labute approximate surface area is 161 Å². The van der Waals surface area contributed by atoms with Gasteiger partial charge < -0.3 is 19.9 Å². The van der Waals surface area contributed by atoms with E-state index in [2.05, 4.69) is 45.0 Å². The molecule has 3 atom stereocenters. The molecule has 6 nitrogen and oxygen atoms in total. The van der Waals surface area contributed by atoms with E-state index in [0.29, 0.717) is 23.9 Å². The SMILES string of the molecule is CCc1noc(-c2ccc(CCNC3CCCC3C3COCCN3)cc2)n1. The highest BCUT2D eigenvalue weighted by atomic mass is 16.5. The van der Waals surface area contributed by atoms with Crippen LogP contribution in [0.5, 0.6) is 0 Å². The molecule has 3 unspecified atom stereocenters. The molecule has 1 aromatic carbocycles. The lowest BCUT2D eigenvalue weighted by atomic mass is 9.94. The van der Waals surface area contributed by atoms with Gasteiger partial charge in [0.25, 0.3) is 5.89 Å². The van der Waals surface area contributed by atoms with Gasteiger partial charge >= 0.3 is 0 Å². The van der Waals surface area contributed by atoms with Crippen LogP contribution in [0.3, 0.4) is 0 Å². The van der Waals surface area contributed by atoms with Crippen molar-refractivity contribution in [3.05, 3.63) is 35.7 Å². The van der Waals surface area contributed by atoms with E-state index in [1.807, 2.05) is 6.92 Å². The van der Waals surface area contributed by atoms with Crippen LogP contribution in [0.25, 0.3) is 11.5 Å². The van der Waals surface area contributed by atoms with Crippen LogP contribution in [0.15, 0.2) is 28.8 Å². The van der Waals surface area contributed by atoms with Crippen molar-refractivity contribution in [2.45, 2.75) is 51.1 Å². The molecule has 1 saturated carbocycles. The molecular formula is C21H30N4O2. The predicted molar refractivity (Wildman–Crippen MR) is 105 cm³/mol. The highest BCUT2D eigenvalue weighted by Gasteiger charge is 2.34. The zero-order chi connectivity index (χ0) is 18.5. The Morgan fingerprint density at radius 2 is 2.11 bits per heavy atom. The molecule has 2 heterocycles. The number of aryl methyl sites for hydroxylation is 1. The predicted octanol–water partition coefficient (Wildman–Crippen LogP) is 2.59. The van der Waals surface area contributed by atoms with Gasteiger partial charge in [-0.2, -0.15) is 4.98 Å². The molecule has 6 heteroatoms. The zero-order valence-corrected chi connectivity index (χ0v) is 16.1. The lowest BCUT2D eigenvalue weighted by molar-refractivity contribution is 0.0526. The van der Waals surface area contributed by atoms with Gasteiger partial charge in [-0.25, -0.2) is 0 Å². The Hall–Kier alpha value is -1.76. The standard InChI is InChI=1S/C21H30N4O2/c1-2-20-24-21(27-25-20)16-8-6-15(7-9-16)10-11-22-18-5-3-4-17(18)19-14-26-13-12-23-19/h6-9,17-19,22-23H,2-5,10-14H2,1H3. The van der Waals surface area contributed by atoms with Crippen LogP contribution < -0.4 is 10.6 Å². The van der Waals surface area contributed by atoms with E-state index >= 15 is 0 Å². The van der Waals surface area contributed by atoms with Gasteiger partial charge in [0, 0.05) is 30.6 Å². The summed E-state index contributed by atoms with van der Waals surface area (Å²) in [5.74, 6) is 2.05. The Morgan fingerprint density at radius 1 is 1.22 bits per heavy atom. The third kappa shape index (κ3) is 4.57. The van der Waals surface area contributed by atoms with E-state index in [1.54, 1.807) is 0 Å². The average molecular weight is 370 g/mol. The molecular weight excluding hydrogens is 340 g/mol. The van der Waals surface area contributed by atoms with Crippen molar-refractivity contribution in [3.63, 3.8) is 0 Å². The summed E-state index contributed by atoms with van der Waals surface area (Å²) in [5.41, 5.74) is 2.31. The third-order valence-corrected chi connectivity index (χ3v) is 5.84. The molecule has 1 aliphatic heterocycles. The molecule has 2 fully saturated rings. The zero-order valence-electron chi connectivity index (χ0n) is 16.1. The monoisotopic (exact) mass is 370 g/mol. The number of hydrogen-bond acceptors (Lipinski definition) is 6. The quantitative estimate of drug-likeness (QED) is 0.781. The van der Waals surface area contributed by atoms with Gasteiger partial charge in [0.2, 0.25) is 0 Å². The van der Waals surface area contributed by atoms with Crippen molar-refractivity contribution >= 4 is 0 Å². The van der Waals surface area contributed by atoms with Crippen molar-refractivity contribution in [1.29, 1.82) is 0 Å². The van der Waals surface area contributed by atoms with Crippen LogP contribution in [-0.2, 0) is 17.6 Å². The molecule has 0 amide bonds. The Kier molecular flexibility index (Phi) is 6.17. The second-order valence-corrected chi connectivity index (χ2v) is 7.61. The van der Waals surface area contributed by atoms with Crippen molar-refractivity contribution in [2.75, 3.05) is 26.3 Å². The normalized spacial score (nSPS) is 25.7. The highest BCUT2D eigenvalue weighted by Crippen LogP contribution is 2.29. The largest absolute Gasteiger partial charge is 0.379 e. The fourth-order valence-electron chi connectivity index (χ4n) is 4.32. The minimum Gasteiger partial charge on any atom is -0.379 e. The maximum atomic E-state index is 5.67. The topological polar surface area (TPSA) is 72.2 Å². The average Bonchev–Trinajstić information content (AvgIpc) is 3.39. The molecule has 1 aliphatic carbocycles. The number of nitrogens with zero attached hydrogens (tertiary/aromatic N) is 2. The molecule has 2 N–H and O–H groups in total. The van der Waals surface area contributed by atoms with Gasteiger partial charge in [-0.15, -0.1) is 0 Å². The number of aromatic nitrogens is 2. The molecule has 0 radical (unpaired) electrons. The molecule has 2 aromatic rings. The summed E-state index contributed by atoms with van der Waals surface area (Å²) >= 11 is 0. The number of hydrogen-bond donors (Lipinski definition) is 2. The summed E-state index contributed by atoms with van der Waals surface area (Å²) in [7, 11) is 0. The first-order chi connectivity index (χ1) is 13.3. The number of morpholine rings is 1. The summed E-state index contributed by atoms with van der Waals surface area (Å²) in [5, 5.41) is 11.4. The maximum Gasteiger partial charge on any atom is 0.257 e. The van der Waals surface area contributed by atoms with Gasteiger partial charge in [0.05, 0.1) is 13.2 Å². The number of benzene rings is 1. The van der Waals surface area contributed by atoms with E-state index in [4.69, 9.17) is 9.26 Å². The van der Waals surface area contributed by atoms with Gasteiger partial charge in [-0.3, -0.25) is 0 Å². The fraction of sp³-hybridized carbons (Fsp3) is 0.619. The Balaban J connectivity index is 1.27. The summed E-state index contributed by atoms with van der Waals surface area (Å²) in [6.07, 6.45) is 5.72. The van der Waals surface area contributed by atoms with Crippen LogP contribution >= 0.6 is 0 Å². The second kappa shape index (κ2) is 8.95. The van der Waals surface area contributed by atoms with Gasteiger partial charge in [-0.1, -0.05) is 30.6 Å². The maximum absolute atomic E-state index is 5.67. The third-order valence-electron chi connectivity index (χ3n) is 5.84. The molecule has 146 valence electrons. The lowest BCUT2D eigenvalue weighted by Gasteiger charge is -2.33. The van der Waals surface area contributed by atoms with E-state index in [1.165, 1.54) is 24.8 Å². The molecule has 27 heavy (non-hydrogen) atoms. The van der Waals surface area contributed by atoms with Crippen LogP contribution in [0.1, 0.15) is 37.6 Å². The minimum absolute atomic E-state index is 0.514. The Morgan fingerprint density at radius 3 is 2.85 bits per heavy atom. The number of ether oxygens (including phenoxy) is 1. The van der Waals surface area contributed by atoms with Crippen LogP contribution in [0, 0.1) is 5.92 Å². The first kappa shape index (κ1) is 18.6. The van der Waals surface area contributed by atoms with E-state index in [-0.39, 0.29) is 0 Å². The van der Waals surface area contributed by atoms with Gasteiger partial charge in [0.15, 0.2) is 5.82 Å². The molecule has 0 bridgehead atoms. The first-order valence-electron chi connectivity index (χ1n) is 10.3. The molecule has 4 rings (SSSR count). The first-order valence-corrected chi connectivity index (χ1v) is 10.3. The summed E-state index contributed by atoms with van der Waals surface area (Å²) in [4.78, 5) is 4.39. The van der Waals surface area contributed by atoms with E-state index in [9.17, 15) is 0 Å². The Bertz CT molecular complexity index is 709. The van der Waals surface area contributed by atoms with Gasteiger partial charge in [-0.05, 0) is 49.4 Å².